The Labute approximate surface area is 163 Å². The smallest absolute Gasteiger partial charge is 0.270 e. The summed E-state index contributed by atoms with van der Waals surface area (Å²) in [4.78, 5) is 22.3. The molecule has 9 heteroatoms. The molecule has 2 rings (SSSR count). The maximum absolute atomic E-state index is 12.7. The molecule has 28 heavy (non-hydrogen) atoms. The van der Waals surface area contributed by atoms with Crippen LogP contribution in [-0.4, -0.2) is 25.8 Å². The minimum absolute atomic E-state index is 0.127. The second-order valence-electron chi connectivity index (χ2n) is 5.95. The number of carbonyl (C=O) groups is 1. The van der Waals surface area contributed by atoms with Crippen LogP contribution in [0.25, 0.3) is 0 Å². The molecule has 0 fully saturated rings. The Hall–Kier alpha value is -3.20. The number of benzene rings is 2. The van der Waals surface area contributed by atoms with Gasteiger partial charge in [0.05, 0.1) is 10.6 Å². The lowest BCUT2D eigenvalue weighted by atomic mass is 9.96. The van der Waals surface area contributed by atoms with Crippen molar-refractivity contribution in [3.8, 4) is 0 Å². The average molecular weight is 403 g/mol. The number of nitro groups is 1. The Morgan fingerprint density at radius 2 is 1.93 bits per heavy atom. The minimum Gasteiger partial charge on any atom is -0.384 e. The third-order valence-electron chi connectivity index (χ3n) is 4.00. The molecule has 0 unspecified atom stereocenters. The van der Waals surface area contributed by atoms with Crippen LogP contribution in [0.1, 0.15) is 24.8 Å². The summed E-state index contributed by atoms with van der Waals surface area (Å²) in [5.74, 6) is -1.10. The molecule has 0 bridgehead atoms. The second-order valence-corrected chi connectivity index (χ2v) is 7.60. The van der Waals surface area contributed by atoms with Gasteiger partial charge >= 0.3 is 0 Å². The largest absolute Gasteiger partial charge is 0.384 e. The Balaban J connectivity index is 2.27. The van der Waals surface area contributed by atoms with E-state index in [0.717, 1.165) is 11.6 Å². The molecule has 0 aliphatic rings. The van der Waals surface area contributed by atoms with Gasteiger partial charge in [-0.05, 0) is 18.6 Å². The number of hydrogen-bond acceptors (Lipinski definition) is 6. The number of sulfonamides is 1. The summed E-state index contributed by atoms with van der Waals surface area (Å²) in [5, 5.41) is 13.8. The van der Waals surface area contributed by atoms with Crippen molar-refractivity contribution in [2.75, 3.05) is 11.9 Å². The Morgan fingerprint density at radius 1 is 1.25 bits per heavy atom. The van der Waals surface area contributed by atoms with Crippen molar-refractivity contribution in [2.24, 2.45) is 0 Å². The number of allylic oxidation sites excluding steroid dienone is 1. The fraction of sp³-hybridized carbons (Fsp3) is 0.211. The molecule has 1 atom stereocenters. The van der Waals surface area contributed by atoms with Gasteiger partial charge in [0.25, 0.3) is 15.7 Å². The predicted octanol–water partition coefficient (Wildman–Crippen LogP) is 3.19. The zero-order valence-electron chi connectivity index (χ0n) is 15.3. The SMILES string of the molecule is C=C[C@@H](CC(=O)NS(=O)(=O)c1cc([N+](=O)[O-])ccc1NCC)c1ccccc1. The van der Waals surface area contributed by atoms with Gasteiger partial charge in [-0.2, -0.15) is 0 Å². The lowest BCUT2D eigenvalue weighted by Crippen LogP contribution is -2.32. The van der Waals surface area contributed by atoms with Gasteiger partial charge in [-0.15, -0.1) is 6.58 Å². The topological polar surface area (TPSA) is 118 Å². The number of nitrogens with zero attached hydrogens (tertiary/aromatic N) is 1. The monoisotopic (exact) mass is 403 g/mol. The van der Waals surface area contributed by atoms with Gasteiger partial charge in [-0.3, -0.25) is 14.9 Å². The highest BCUT2D eigenvalue weighted by molar-refractivity contribution is 7.90. The minimum atomic E-state index is -4.31. The molecule has 8 nitrogen and oxygen atoms in total. The first kappa shape index (κ1) is 21.1. The van der Waals surface area contributed by atoms with Crippen LogP contribution in [0.2, 0.25) is 0 Å². The first-order valence-electron chi connectivity index (χ1n) is 8.54. The molecule has 2 N–H and O–H groups in total. The van der Waals surface area contributed by atoms with E-state index >= 15 is 0 Å². The predicted molar refractivity (Wildman–Crippen MR) is 107 cm³/mol. The molecule has 0 saturated carbocycles. The van der Waals surface area contributed by atoms with Crippen molar-refractivity contribution < 1.29 is 18.1 Å². The van der Waals surface area contributed by atoms with E-state index in [-0.39, 0.29) is 28.6 Å². The number of anilines is 1. The number of nitrogens with one attached hydrogen (secondary N) is 2. The van der Waals surface area contributed by atoms with Crippen molar-refractivity contribution in [3.63, 3.8) is 0 Å². The molecular formula is C19H21N3O5S. The lowest BCUT2D eigenvalue weighted by molar-refractivity contribution is -0.385. The normalized spacial score (nSPS) is 12.0. The molecular weight excluding hydrogens is 382 g/mol. The van der Waals surface area contributed by atoms with Crippen LogP contribution in [0.5, 0.6) is 0 Å². The molecule has 148 valence electrons. The van der Waals surface area contributed by atoms with Crippen molar-refractivity contribution >= 4 is 27.3 Å². The summed E-state index contributed by atoms with van der Waals surface area (Å²) in [6.45, 7) is 5.86. The highest BCUT2D eigenvalue weighted by Crippen LogP contribution is 2.27. The van der Waals surface area contributed by atoms with E-state index in [1.165, 1.54) is 12.1 Å². The highest BCUT2D eigenvalue weighted by atomic mass is 32.2. The molecule has 2 aromatic carbocycles. The molecule has 0 aliphatic heterocycles. The first-order chi connectivity index (χ1) is 13.3. The first-order valence-corrected chi connectivity index (χ1v) is 10.0. The van der Waals surface area contributed by atoms with Crippen molar-refractivity contribution in [2.45, 2.75) is 24.2 Å². The van der Waals surface area contributed by atoms with Crippen LogP contribution < -0.4 is 10.0 Å². The molecule has 1 amide bonds. The number of non-ortho nitro benzene ring substituents is 1. The van der Waals surface area contributed by atoms with Gasteiger partial charge in [0, 0.05) is 31.0 Å². The number of hydrogen-bond donors (Lipinski definition) is 2. The van der Waals surface area contributed by atoms with Crippen molar-refractivity contribution in [1.82, 2.24) is 4.72 Å². The van der Waals surface area contributed by atoms with Gasteiger partial charge in [-0.1, -0.05) is 36.4 Å². The number of amides is 1. The van der Waals surface area contributed by atoms with Gasteiger partial charge < -0.3 is 5.32 Å². The summed E-state index contributed by atoms with van der Waals surface area (Å²) < 4.78 is 27.4. The van der Waals surface area contributed by atoms with E-state index in [2.05, 4.69) is 11.9 Å². The second kappa shape index (κ2) is 9.14. The molecule has 2 aromatic rings. The van der Waals surface area contributed by atoms with Gasteiger partial charge in [-0.25, -0.2) is 13.1 Å². The Bertz CT molecular complexity index is 974. The van der Waals surface area contributed by atoms with E-state index in [9.17, 15) is 23.3 Å². The van der Waals surface area contributed by atoms with E-state index in [0.29, 0.717) is 6.54 Å². The van der Waals surface area contributed by atoms with E-state index in [1.807, 2.05) is 35.1 Å². The van der Waals surface area contributed by atoms with Gasteiger partial charge in [0.1, 0.15) is 4.90 Å². The fourth-order valence-electron chi connectivity index (χ4n) is 2.67. The molecule has 0 spiro atoms. The summed E-state index contributed by atoms with van der Waals surface area (Å²) in [6.07, 6.45) is 1.44. The lowest BCUT2D eigenvalue weighted by Gasteiger charge is -2.15. The molecule has 0 radical (unpaired) electrons. The standard InChI is InChI=1S/C19H21N3O5S/c1-3-14(15-8-6-5-7-9-15)12-19(23)21-28(26,27)18-13-16(22(24)25)10-11-17(18)20-4-2/h3,5-11,13-14,20H,1,4,12H2,2H3,(H,21,23)/t14-/m0/s1. The van der Waals surface area contributed by atoms with Gasteiger partial charge in [0.15, 0.2) is 0 Å². The Kier molecular flexibility index (Phi) is 6.89. The molecule has 0 aliphatic carbocycles. The zero-order valence-corrected chi connectivity index (χ0v) is 16.1. The number of rotatable bonds is 9. The summed E-state index contributed by atoms with van der Waals surface area (Å²) >= 11 is 0. The van der Waals surface area contributed by atoms with Crippen LogP contribution >= 0.6 is 0 Å². The third-order valence-corrected chi connectivity index (χ3v) is 5.41. The van der Waals surface area contributed by atoms with Crippen LogP contribution in [-0.2, 0) is 14.8 Å². The maximum atomic E-state index is 12.7. The number of nitro benzene ring substituents is 1. The average Bonchev–Trinajstić information content (AvgIpc) is 2.66. The van der Waals surface area contributed by atoms with E-state index in [4.69, 9.17) is 0 Å². The van der Waals surface area contributed by atoms with E-state index < -0.39 is 20.9 Å². The van der Waals surface area contributed by atoms with Crippen LogP contribution in [0.15, 0.2) is 66.1 Å². The van der Waals surface area contributed by atoms with Crippen LogP contribution in [0, 0.1) is 10.1 Å². The fourth-order valence-corrected chi connectivity index (χ4v) is 3.87. The van der Waals surface area contributed by atoms with Crippen LogP contribution in [0.4, 0.5) is 11.4 Å². The van der Waals surface area contributed by atoms with E-state index in [1.54, 1.807) is 13.0 Å². The third kappa shape index (κ3) is 5.17. The molecule has 0 heterocycles. The Morgan fingerprint density at radius 3 is 2.50 bits per heavy atom. The maximum Gasteiger partial charge on any atom is 0.270 e. The van der Waals surface area contributed by atoms with Crippen LogP contribution in [0.3, 0.4) is 0 Å². The quantitative estimate of drug-likeness (QED) is 0.377. The molecule has 0 saturated heterocycles. The summed E-state index contributed by atoms with van der Waals surface area (Å²) in [6, 6.07) is 12.5. The van der Waals surface area contributed by atoms with Crippen molar-refractivity contribution in [1.29, 1.82) is 0 Å². The zero-order chi connectivity index (χ0) is 20.7. The van der Waals surface area contributed by atoms with Gasteiger partial charge in [0.2, 0.25) is 5.91 Å². The number of carbonyl (C=O) groups excluding carboxylic acids is 1. The van der Waals surface area contributed by atoms with Crippen molar-refractivity contribution in [3.05, 3.63) is 76.9 Å². The highest BCUT2D eigenvalue weighted by Gasteiger charge is 2.25. The summed E-state index contributed by atoms with van der Waals surface area (Å²) in [5.41, 5.74) is 0.619. The molecule has 0 aromatic heterocycles. The summed E-state index contributed by atoms with van der Waals surface area (Å²) in [7, 11) is -4.31.